The molecule has 1 saturated heterocycles. The summed E-state index contributed by atoms with van der Waals surface area (Å²) in [7, 11) is -3.49. The highest BCUT2D eigenvalue weighted by molar-refractivity contribution is 7.91. The van der Waals surface area contributed by atoms with Crippen molar-refractivity contribution in [3.63, 3.8) is 0 Å². The summed E-state index contributed by atoms with van der Waals surface area (Å²) in [6.45, 7) is 6.87. The number of sulfone groups is 1. The number of rotatable bonds is 5. The summed E-state index contributed by atoms with van der Waals surface area (Å²) >= 11 is 0. The van der Waals surface area contributed by atoms with Gasteiger partial charge < -0.3 is 31.2 Å². The minimum absolute atomic E-state index is 0.0336. The van der Waals surface area contributed by atoms with Crippen LogP contribution >= 0.6 is 0 Å². The van der Waals surface area contributed by atoms with Crippen LogP contribution in [0.1, 0.15) is 73.3 Å². The van der Waals surface area contributed by atoms with E-state index < -0.39 is 27.0 Å². The van der Waals surface area contributed by atoms with Gasteiger partial charge in [-0.1, -0.05) is 13.8 Å². The highest BCUT2D eigenvalue weighted by atomic mass is 32.2. The van der Waals surface area contributed by atoms with Gasteiger partial charge in [0.15, 0.2) is 9.84 Å². The van der Waals surface area contributed by atoms with Crippen LogP contribution in [0, 0.1) is 11.2 Å². The average Bonchev–Trinajstić information content (AvgIpc) is 3.48. The molecule has 42 heavy (non-hydrogen) atoms. The number of amides is 3. The normalized spacial score (nSPS) is 24.5. The van der Waals surface area contributed by atoms with Gasteiger partial charge in [-0.25, -0.2) is 17.6 Å². The standard InChI is InChI=1S/C30H41FN6O4S/c1-30(2)16-25-27(42(40,41)17-30)21-4-3-5-24(21)37(25)20-14-22(31)26(28(32)38)23(15-20)34-18-6-8-19(9-7-18)35-29(39)36-12-10-33-11-13-36/h14-15,18-19,33-34H,3-13,16-17H2,1-2H3,(H2,32,38)(H,35,39). The molecule has 2 aliphatic carbocycles. The zero-order valence-electron chi connectivity index (χ0n) is 24.4. The topological polar surface area (TPSA) is 139 Å². The highest BCUT2D eigenvalue weighted by Gasteiger charge is 2.42. The molecule has 0 spiro atoms. The van der Waals surface area contributed by atoms with E-state index in [9.17, 15) is 18.0 Å². The Balaban J connectivity index is 1.27. The van der Waals surface area contributed by atoms with Gasteiger partial charge in [0, 0.05) is 49.7 Å². The quantitative estimate of drug-likeness (QED) is 0.417. The lowest BCUT2D eigenvalue weighted by Gasteiger charge is -2.34. The first-order valence-electron chi connectivity index (χ1n) is 15.1. The number of primary amides is 1. The lowest BCUT2D eigenvalue weighted by molar-refractivity contribution is 0.0997. The van der Waals surface area contributed by atoms with Gasteiger partial charge in [-0.15, -0.1) is 0 Å². The molecular formula is C30H41FN6O4S. The molecule has 5 N–H and O–H groups in total. The maximum Gasteiger partial charge on any atom is 0.317 e. The van der Waals surface area contributed by atoms with Gasteiger partial charge in [0.05, 0.1) is 27.6 Å². The van der Waals surface area contributed by atoms with E-state index in [0.29, 0.717) is 54.3 Å². The van der Waals surface area contributed by atoms with Crippen molar-refractivity contribution in [3.05, 3.63) is 40.5 Å². The number of nitrogens with two attached hydrogens (primary N) is 1. The van der Waals surface area contributed by atoms with Gasteiger partial charge in [-0.05, 0) is 74.5 Å². The minimum Gasteiger partial charge on any atom is -0.382 e. The van der Waals surface area contributed by atoms with Gasteiger partial charge in [0.2, 0.25) is 0 Å². The molecule has 1 saturated carbocycles. The fraction of sp³-hybridized carbons (Fsp3) is 0.600. The van der Waals surface area contributed by atoms with Crippen LogP contribution in [0.4, 0.5) is 14.9 Å². The summed E-state index contributed by atoms with van der Waals surface area (Å²) in [4.78, 5) is 27.3. The van der Waals surface area contributed by atoms with Crippen LogP contribution in [0.2, 0.25) is 0 Å². The largest absolute Gasteiger partial charge is 0.382 e. The molecule has 228 valence electrons. The van der Waals surface area contributed by atoms with Crippen LogP contribution in [0.25, 0.3) is 5.69 Å². The lowest BCUT2D eigenvalue weighted by Crippen LogP contribution is -2.53. The Bertz CT molecular complexity index is 1520. The van der Waals surface area contributed by atoms with Gasteiger partial charge >= 0.3 is 6.03 Å². The van der Waals surface area contributed by atoms with Crippen LogP contribution in [-0.4, -0.2) is 73.8 Å². The predicted octanol–water partition coefficient (Wildman–Crippen LogP) is 2.90. The van der Waals surface area contributed by atoms with Crippen LogP contribution in [0.5, 0.6) is 0 Å². The number of anilines is 1. The lowest BCUT2D eigenvalue weighted by atomic mass is 9.89. The van der Waals surface area contributed by atoms with Crippen LogP contribution in [-0.2, 0) is 29.1 Å². The molecule has 6 rings (SSSR count). The smallest absolute Gasteiger partial charge is 0.317 e. The van der Waals surface area contributed by atoms with E-state index in [1.807, 2.05) is 23.3 Å². The Kier molecular flexibility index (Phi) is 7.49. The van der Waals surface area contributed by atoms with Gasteiger partial charge in [0.25, 0.3) is 5.91 Å². The molecule has 12 heteroatoms. The van der Waals surface area contributed by atoms with Gasteiger partial charge in [-0.3, -0.25) is 4.79 Å². The molecular weight excluding hydrogens is 559 g/mol. The van der Waals surface area contributed by atoms with Crippen molar-refractivity contribution in [1.82, 2.24) is 20.1 Å². The number of nitrogens with zero attached hydrogens (tertiary/aromatic N) is 2. The van der Waals surface area contributed by atoms with Crippen molar-refractivity contribution in [2.45, 2.75) is 82.2 Å². The molecule has 0 bridgehead atoms. The Hall–Kier alpha value is -3.12. The Morgan fingerprint density at radius 3 is 2.43 bits per heavy atom. The summed E-state index contributed by atoms with van der Waals surface area (Å²) in [5.74, 6) is -1.50. The monoisotopic (exact) mass is 600 g/mol. The van der Waals surface area contributed by atoms with Crippen molar-refractivity contribution in [1.29, 1.82) is 0 Å². The second-order valence-corrected chi connectivity index (χ2v) is 15.0. The number of aromatic nitrogens is 1. The summed E-state index contributed by atoms with van der Waals surface area (Å²) in [6.07, 6.45) is 5.78. The zero-order valence-corrected chi connectivity index (χ0v) is 25.2. The third kappa shape index (κ3) is 5.39. The molecule has 0 radical (unpaired) electrons. The molecule has 2 fully saturated rings. The number of fused-ring (bicyclic) bond motifs is 3. The van der Waals surface area contributed by atoms with Crippen LogP contribution in [0.3, 0.4) is 0 Å². The first-order chi connectivity index (χ1) is 19.9. The van der Waals surface area contributed by atoms with E-state index in [2.05, 4.69) is 16.0 Å². The highest BCUT2D eigenvalue weighted by Crippen LogP contribution is 2.45. The van der Waals surface area contributed by atoms with E-state index in [4.69, 9.17) is 5.73 Å². The molecule has 1 aromatic heterocycles. The van der Waals surface area contributed by atoms with E-state index in [0.717, 1.165) is 56.5 Å². The van der Waals surface area contributed by atoms with E-state index in [-0.39, 0.29) is 29.4 Å². The number of halogens is 1. The number of carbonyl (C=O) groups is 2. The number of carbonyl (C=O) groups excluding carboxylic acids is 2. The van der Waals surface area contributed by atoms with Crippen molar-refractivity contribution >= 4 is 27.5 Å². The first kappa shape index (κ1) is 29.0. The number of hydrogen-bond donors (Lipinski definition) is 4. The number of hydrogen-bond acceptors (Lipinski definition) is 6. The summed E-state index contributed by atoms with van der Waals surface area (Å²) in [5, 5.41) is 9.79. The fourth-order valence-electron chi connectivity index (χ4n) is 7.41. The number of benzene rings is 1. The third-order valence-corrected chi connectivity index (χ3v) is 11.5. The fourth-order valence-corrected chi connectivity index (χ4v) is 9.80. The minimum atomic E-state index is -3.49. The Morgan fingerprint density at radius 2 is 1.74 bits per heavy atom. The predicted molar refractivity (Wildman–Crippen MR) is 158 cm³/mol. The van der Waals surface area contributed by atoms with Crippen molar-refractivity contribution in [2.24, 2.45) is 11.1 Å². The zero-order chi connectivity index (χ0) is 29.8. The maximum absolute atomic E-state index is 15.6. The molecule has 0 unspecified atom stereocenters. The van der Waals surface area contributed by atoms with E-state index in [1.54, 1.807) is 6.07 Å². The molecule has 10 nitrogen and oxygen atoms in total. The SMILES string of the molecule is CC1(C)Cc2c(c3c(n2-c2cc(F)c(C(N)=O)c(NC4CCC(NC(=O)N5CCNCC5)CC4)c2)CCC3)S(=O)(=O)C1. The molecule has 2 aromatic rings. The average molecular weight is 601 g/mol. The Morgan fingerprint density at radius 1 is 1.05 bits per heavy atom. The number of piperazine rings is 1. The molecule has 2 aliphatic heterocycles. The summed E-state index contributed by atoms with van der Waals surface area (Å²) in [5.41, 5.74) is 8.29. The third-order valence-electron chi connectivity index (χ3n) is 9.20. The van der Waals surface area contributed by atoms with Crippen LogP contribution < -0.4 is 21.7 Å². The summed E-state index contributed by atoms with van der Waals surface area (Å²) in [6, 6.07) is 3.04. The number of nitrogens with one attached hydrogen (secondary N) is 3. The van der Waals surface area contributed by atoms with E-state index in [1.165, 1.54) is 6.07 Å². The first-order valence-corrected chi connectivity index (χ1v) is 16.7. The summed E-state index contributed by atoms with van der Waals surface area (Å²) < 4.78 is 44.4. The Labute approximate surface area is 246 Å². The van der Waals surface area contributed by atoms with Crippen molar-refractivity contribution < 1.29 is 22.4 Å². The molecule has 3 amide bonds. The molecule has 4 aliphatic rings. The van der Waals surface area contributed by atoms with Gasteiger partial charge in [0.1, 0.15) is 5.82 Å². The second kappa shape index (κ2) is 10.9. The second-order valence-electron chi connectivity index (χ2n) is 13.1. The van der Waals surface area contributed by atoms with Crippen molar-refractivity contribution in [2.75, 3.05) is 37.2 Å². The maximum atomic E-state index is 15.6. The molecule has 1 aromatic carbocycles. The van der Waals surface area contributed by atoms with E-state index >= 15 is 4.39 Å². The van der Waals surface area contributed by atoms with Gasteiger partial charge in [-0.2, -0.15) is 0 Å². The molecule has 0 atom stereocenters. The van der Waals surface area contributed by atoms with Crippen LogP contribution in [0.15, 0.2) is 17.0 Å². The molecule has 3 heterocycles. The number of urea groups is 1. The van der Waals surface area contributed by atoms with Crippen molar-refractivity contribution in [3.8, 4) is 5.69 Å².